The van der Waals surface area contributed by atoms with E-state index in [1.54, 1.807) is 0 Å². The molecule has 0 radical (unpaired) electrons. The van der Waals surface area contributed by atoms with E-state index in [1.165, 1.54) is 6.92 Å². The first-order valence-electron chi connectivity index (χ1n) is 6.22. The lowest BCUT2D eigenvalue weighted by Crippen LogP contribution is -2.34. The first-order chi connectivity index (χ1) is 8.29. The molecule has 0 N–H and O–H groups in total. The average molecular weight is 266 g/mol. The smallest absolute Gasteiger partial charge is 0.425 e. The minimum atomic E-state index is -4.50. The van der Waals surface area contributed by atoms with Crippen molar-refractivity contribution >= 4 is 5.97 Å². The summed E-state index contributed by atoms with van der Waals surface area (Å²) >= 11 is 0. The Balaban J connectivity index is 4.17. The van der Waals surface area contributed by atoms with E-state index >= 15 is 0 Å². The van der Waals surface area contributed by atoms with Gasteiger partial charge in [0.05, 0.1) is 0 Å². The van der Waals surface area contributed by atoms with Crippen LogP contribution in [0, 0.1) is 0 Å². The van der Waals surface area contributed by atoms with Crippen LogP contribution in [0.4, 0.5) is 13.2 Å². The Morgan fingerprint density at radius 3 is 2.22 bits per heavy atom. The summed E-state index contributed by atoms with van der Waals surface area (Å²) in [5.74, 6) is -0.981. The molecule has 2 nitrogen and oxygen atoms in total. The SMILES string of the molecule is C=C(C)C(=O)OC(CCCCCCC)C(F)(F)F. The molecule has 0 aliphatic rings. The number of unbranched alkanes of at least 4 members (excludes halogenated alkanes) is 4. The maximum absolute atomic E-state index is 12.6. The van der Waals surface area contributed by atoms with Crippen LogP contribution in [0.25, 0.3) is 0 Å². The number of hydrogen-bond donors (Lipinski definition) is 0. The highest BCUT2D eigenvalue weighted by Crippen LogP contribution is 2.27. The number of halogens is 3. The summed E-state index contributed by atoms with van der Waals surface area (Å²) in [5, 5.41) is 0. The minimum Gasteiger partial charge on any atom is -0.449 e. The molecule has 0 aromatic heterocycles. The molecule has 0 aromatic rings. The van der Waals surface area contributed by atoms with E-state index in [0.717, 1.165) is 25.7 Å². The first-order valence-corrected chi connectivity index (χ1v) is 6.22. The number of ether oxygens (including phenoxy) is 1. The van der Waals surface area contributed by atoms with Gasteiger partial charge in [0.15, 0.2) is 6.10 Å². The van der Waals surface area contributed by atoms with Gasteiger partial charge >= 0.3 is 12.1 Å². The molecule has 0 aliphatic heterocycles. The molecule has 18 heavy (non-hydrogen) atoms. The molecule has 0 fully saturated rings. The minimum absolute atomic E-state index is 0.0183. The number of alkyl halides is 3. The second kappa shape index (κ2) is 8.16. The fourth-order valence-corrected chi connectivity index (χ4v) is 1.45. The topological polar surface area (TPSA) is 26.3 Å². The normalized spacial score (nSPS) is 13.2. The fraction of sp³-hybridized carbons (Fsp3) is 0.769. The second-order valence-corrected chi connectivity index (χ2v) is 4.42. The van der Waals surface area contributed by atoms with Gasteiger partial charge in [0, 0.05) is 5.57 Å². The van der Waals surface area contributed by atoms with Gasteiger partial charge in [0.1, 0.15) is 0 Å². The van der Waals surface area contributed by atoms with Crippen molar-refractivity contribution in [3.05, 3.63) is 12.2 Å². The molecule has 0 spiro atoms. The summed E-state index contributed by atoms with van der Waals surface area (Å²) in [4.78, 5) is 11.1. The summed E-state index contributed by atoms with van der Waals surface area (Å²) in [6.45, 7) is 6.63. The van der Waals surface area contributed by atoms with E-state index in [-0.39, 0.29) is 12.0 Å². The van der Waals surface area contributed by atoms with Crippen LogP contribution >= 0.6 is 0 Å². The number of carbonyl (C=O) groups excluding carboxylic acids is 1. The van der Waals surface area contributed by atoms with Gasteiger partial charge in [-0.05, 0) is 19.8 Å². The third-order valence-corrected chi connectivity index (χ3v) is 2.53. The van der Waals surface area contributed by atoms with Gasteiger partial charge in [-0.25, -0.2) is 4.79 Å². The molecule has 1 atom stereocenters. The summed E-state index contributed by atoms with van der Waals surface area (Å²) < 4.78 is 42.3. The van der Waals surface area contributed by atoms with Gasteiger partial charge < -0.3 is 4.74 Å². The quantitative estimate of drug-likeness (QED) is 0.370. The van der Waals surface area contributed by atoms with Gasteiger partial charge in [-0.1, -0.05) is 39.2 Å². The molecule has 0 aliphatic carbocycles. The van der Waals surface area contributed by atoms with Crippen molar-refractivity contribution in [2.24, 2.45) is 0 Å². The van der Waals surface area contributed by atoms with Gasteiger partial charge in [0.25, 0.3) is 0 Å². The molecule has 1 unspecified atom stereocenters. The lowest BCUT2D eigenvalue weighted by atomic mass is 10.1. The van der Waals surface area contributed by atoms with Crippen molar-refractivity contribution in [1.82, 2.24) is 0 Å². The zero-order chi connectivity index (χ0) is 14.2. The number of esters is 1. The van der Waals surface area contributed by atoms with Crippen LogP contribution in [-0.4, -0.2) is 18.2 Å². The first kappa shape index (κ1) is 17.0. The van der Waals surface area contributed by atoms with E-state index < -0.39 is 18.2 Å². The summed E-state index contributed by atoms with van der Waals surface area (Å²) in [7, 11) is 0. The second-order valence-electron chi connectivity index (χ2n) is 4.42. The van der Waals surface area contributed by atoms with Crippen molar-refractivity contribution < 1.29 is 22.7 Å². The van der Waals surface area contributed by atoms with Crippen molar-refractivity contribution in [1.29, 1.82) is 0 Å². The highest BCUT2D eigenvalue weighted by molar-refractivity contribution is 5.87. The van der Waals surface area contributed by atoms with E-state index in [0.29, 0.717) is 6.42 Å². The zero-order valence-corrected chi connectivity index (χ0v) is 11.0. The molecule has 5 heteroatoms. The van der Waals surface area contributed by atoms with Crippen molar-refractivity contribution in [2.75, 3.05) is 0 Å². The van der Waals surface area contributed by atoms with Gasteiger partial charge in [-0.3, -0.25) is 0 Å². The lowest BCUT2D eigenvalue weighted by molar-refractivity contribution is -0.220. The third-order valence-electron chi connectivity index (χ3n) is 2.53. The Bertz CT molecular complexity index is 272. The molecule has 0 rings (SSSR count). The summed E-state index contributed by atoms with van der Waals surface area (Å²) in [5.41, 5.74) is -0.0183. The highest BCUT2D eigenvalue weighted by Gasteiger charge is 2.42. The maximum atomic E-state index is 12.6. The van der Waals surface area contributed by atoms with E-state index in [9.17, 15) is 18.0 Å². The van der Waals surface area contributed by atoms with Crippen LogP contribution in [0.15, 0.2) is 12.2 Å². The van der Waals surface area contributed by atoms with Crippen LogP contribution in [0.1, 0.15) is 52.4 Å². The molecule has 0 aromatic carbocycles. The Labute approximate surface area is 106 Å². The molecule has 0 bridgehead atoms. The summed E-state index contributed by atoms with van der Waals surface area (Å²) in [6.07, 6.45) is -2.59. The standard InChI is InChI=1S/C13H21F3O2/c1-4-5-6-7-8-9-11(13(14,15)16)18-12(17)10(2)3/h11H,2,4-9H2,1,3H3. The van der Waals surface area contributed by atoms with Gasteiger partial charge in [-0.2, -0.15) is 13.2 Å². The van der Waals surface area contributed by atoms with Gasteiger partial charge in [-0.15, -0.1) is 0 Å². The molecular formula is C13H21F3O2. The maximum Gasteiger partial charge on any atom is 0.425 e. The summed E-state index contributed by atoms with van der Waals surface area (Å²) in [6, 6.07) is 0. The molecule has 106 valence electrons. The number of carbonyl (C=O) groups is 1. The largest absolute Gasteiger partial charge is 0.449 e. The third kappa shape index (κ3) is 7.35. The van der Waals surface area contributed by atoms with Crippen molar-refractivity contribution in [2.45, 2.75) is 64.7 Å². The van der Waals surface area contributed by atoms with Crippen molar-refractivity contribution in [3.63, 3.8) is 0 Å². The molecule has 0 saturated heterocycles. The Morgan fingerprint density at radius 1 is 1.22 bits per heavy atom. The van der Waals surface area contributed by atoms with Crippen LogP contribution in [0.2, 0.25) is 0 Å². The average Bonchev–Trinajstić information content (AvgIpc) is 2.25. The number of rotatable bonds is 8. The van der Waals surface area contributed by atoms with Crippen LogP contribution < -0.4 is 0 Å². The van der Waals surface area contributed by atoms with Crippen LogP contribution in [0.3, 0.4) is 0 Å². The van der Waals surface area contributed by atoms with Crippen LogP contribution in [0.5, 0.6) is 0 Å². The van der Waals surface area contributed by atoms with Crippen LogP contribution in [-0.2, 0) is 9.53 Å². The van der Waals surface area contributed by atoms with E-state index in [4.69, 9.17) is 0 Å². The Morgan fingerprint density at radius 2 is 1.78 bits per heavy atom. The molecule has 0 heterocycles. The van der Waals surface area contributed by atoms with E-state index in [2.05, 4.69) is 11.3 Å². The molecule has 0 amide bonds. The number of hydrogen-bond acceptors (Lipinski definition) is 2. The highest BCUT2D eigenvalue weighted by atomic mass is 19.4. The predicted octanol–water partition coefficient (Wildman–Crippen LogP) is 4.40. The fourth-order valence-electron chi connectivity index (χ4n) is 1.45. The molecular weight excluding hydrogens is 245 g/mol. The molecule has 0 saturated carbocycles. The lowest BCUT2D eigenvalue weighted by Gasteiger charge is -2.20. The monoisotopic (exact) mass is 266 g/mol. The van der Waals surface area contributed by atoms with Crippen molar-refractivity contribution in [3.8, 4) is 0 Å². The van der Waals surface area contributed by atoms with Gasteiger partial charge in [0.2, 0.25) is 0 Å². The predicted molar refractivity (Wildman–Crippen MR) is 64.1 cm³/mol. The Hall–Kier alpha value is -1.00. The zero-order valence-electron chi connectivity index (χ0n) is 11.0. The van der Waals surface area contributed by atoms with E-state index in [1.807, 2.05) is 6.92 Å². The Kier molecular flexibility index (Phi) is 7.71.